The molecule has 1 aliphatic heterocycles. The van der Waals surface area contributed by atoms with Crippen LogP contribution < -0.4 is 5.32 Å². The number of nitrogens with one attached hydrogen (secondary N) is 1. The highest BCUT2D eigenvalue weighted by atomic mass is 14.9. The molecule has 0 bridgehead atoms. The highest BCUT2D eigenvalue weighted by Crippen LogP contribution is 2.43. The molecule has 1 aromatic heterocycles. The lowest BCUT2D eigenvalue weighted by Crippen LogP contribution is -2.17. The molecule has 2 aliphatic carbocycles. The zero-order chi connectivity index (χ0) is 20.9. The molecule has 0 unspecified atom stereocenters. The molecule has 0 radical (unpaired) electrons. The van der Waals surface area contributed by atoms with E-state index >= 15 is 0 Å². The van der Waals surface area contributed by atoms with Gasteiger partial charge >= 0.3 is 0 Å². The summed E-state index contributed by atoms with van der Waals surface area (Å²) in [5.41, 5.74) is 10.2. The predicted octanol–water partition coefficient (Wildman–Crippen LogP) is 7.40. The third kappa shape index (κ3) is 4.53. The summed E-state index contributed by atoms with van der Waals surface area (Å²) in [6, 6.07) is 10.9. The molecule has 1 aromatic carbocycles. The Bertz CT molecular complexity index is 931. The van der Waals surface area contributed by atoms with E-state index in [9.17, 15) is 0 Å². The summed E-state index contributed by atoms with van der Waals surface area (Å²) < 4.78 is 0. The van der Waals surface area contributed by atoms with Gasteiger partial charge in [-0.25, -0.2) is 0 Å². The molecular weight excluding hydrogens is 364 g/mol. The number of hydrogen-bond donors (Lipinski definition) is 1. The summed E-state index contributed by atoms with van der Waals surface area (Å²) in [6.45, 7) is 8.58. The largest absolute Gasteiger partial charge is 0.355 e. The first-order valence-corrected chi connectivity index (χ1v) is 12.0. The van der Waals surface area contributed by atoms with E-state index in [2.05, 4.69) is 55.0 Å². The van der Waals surface area contributed by atoms with E-state index in [0.717, 1.165) is 29.3 Å². The van der Waals surface area contributed by atoms with Crippen molar-refractivity contribution < 1.29 is 0 Å². The monoisotopic (exact) mass is 400 g/mol. The Morgan fingerprint density at radius 3 is 2.57 bits per heavy atom. The van der Waals surface area contributed by atoms with Crippen LogP contribution in [0.5, 0.6) is 0 Å². The van der Waals surface area contributed by atoms with Crippen molar-refractivity contribution in [3.63, 3.8) is 0 Å². The third-order valence-corrected chi connectivity index (χ3v) is 6.65. The van der Waals surface area contributed by atoms with Crippen molar-refractivity contribution in [1.82, 2.24) is 10.3 Å². The number of aryl methyl sites for hydroxylation is 1. The second-order valence-electron chi connectivity index (χ2n) is 9.02. The van der Waals surface area contributed by atoms with Crippen molar-refractivity contribution in [2.24, 2.45) is 5.92 Å². The minimum atomic E-state index is 0.963. The van der Waals surface area contributed by atoms with E-state index in [4.69, 9.17) is 0 Å². The quantitative estimate of drug-likeness (QED) is 0.490. The van der Waals surface area contributed by atoms with Gasteiger partial charge < -0.3 is 5.32 Å². The van der Waals surface area contributed by atoms with E-state index in [1.807, 2.05) is 12.3 Å². The lowest BCUT2D eigenvalue weighted by Gasteiger charge is -2.21. The minimum Gasteiger partial charge on any atom is -0.355 e. The van der Waals surface area contributed by atoms with Crippen LogP contribution in [0.15, 0.2) is 43.1 Å². The van der Waals surface area contributed by atoms with Gasteiger partial charge in [0, 0.05) is 35.0 Å². The van der Waals surface area contributed by atoms with Crippen LogP contribution in [-0.4, -0.2) is 4.98 Å². The summed E-state index contributed by atoms with van der Waals surface area (Å²) in [5.74, 6) is 1.07. The Balaban J connectivity index is 0.000000503. The van der Waals surface area contributed by atoms with Gasteiger partial charge in [-0.1, -0.05) is 83.6 Å². The van der Waals surface area contributed by atoms with Gasteiger partial charge in [0.1, 0.15) is 0 Å². The second kappa shape index (κ2) is 9.64. The van der Waals surface area contributed by atoms with Gasteiger partial charge in [-0.2, -0.15) is 0 Å². The highest BCUT2D eigenvalue weighted by Gasteiger charge is 2.30. The van der Waals surface area contributed by atoms with Crippen LogP contribution in [0, 0.1) is 5.92 Å². The van der Waals surface area contributed by atoms with Crippen molar-refractivity contribution in [2.45, 2.75) is 78.1 Å². The van der Waals surface area contributed by atoms with Crippen LogP contribution >= 0.6 is 0 Å². The van der Waals surface area contributed by atoms with Gasteiger partial charge in [-0.05, 0) is 42.0 Å². The van der Waals surface area contributed by atoms with Gasteiger partial charge in [0.25, 0.3) is 0 Å². The van der Waals surface area contributed by atoms with Gasteiger partial charge in [-0.15, -0.1) is 0 Å². The average molecular weight is 401 g/mol. The SMILES string of the molecule is C=C1NC2=C(Cc3c(CCCCCC4CC4)cccc32)c2ncccc21.CCCC. The van der Waals surface area contributed by atoms with Crippen LogP contribution in [0.25, 0.3) is 17.0 Å². The lowest BCUT2D eigenvalue weighted by molar-refractivity contribution is 0.602. The third-order valence-electron chi connectivity index (χ3n) is 6.65. The maximum Gasteiger partial charge on any atom is 0.0778 e. The smallest absolute Gasteiger partial charge is 0.0778 e. The van der Waals surface area contributed by atoms with Gasteiger partial charge in [-0.3, -0.25) is 4.98 Å². The number of benzene rings is 1. The Morgan fingerprint density at radius 2 is 1.80 bits per heavy atom. The predicted molar refractivity (Wildman–Crippen MR) is 129 cm³/mol. The fourth-order valence-corrected chi connectivity index (χ4v) is 4.52. The number of aromatic nitrogens is 1. The van der Waals surface area contributed by atoms with E-state index in [0.29, 0.717) is 0 Å². The average Bonchev–Trinajstić information content (AvgIpc) is 3.53. The Morgan fingerprint density at radius 1 is 1.00 bits per heavy atom. The first-order valence-electron chi connectivity index (χ1n) is 12.0. The molecular formula is C28H36N2. The molecule has 0 saturated heterocycles. The molecule has 0 atom stereocenters. The molecule has 30 heavy (non-hydrogen) atoms. The van der Waals surface area contributed by atoms with Crippen molar-refractivity contribution in [1.29, 1.82) is 0 Å². The van der Waals surface area contributed by atoms with Crippen molar-refractivity contribution in [2.75, 3.05) is 0 Å². The highest BCUT2D eigenvalue weighted by molar-refractivity contribution is 6.03. The Hall–Kier alpha value is -2.35. The van der Waals surface area contributed by atoms with Crippen molar-refractivity contribution >= 4 is 17.0 Å². The fraction of sp³-hybridized carbons (Fsp3) is 0.464. The topological polar surface area (TPSA) is 24.9 Å². The van der Waals surface area contributed by atoms with Crippen LogP contribution in [0.3, 0.4) is 0 Å². The van der Waals surface area contributed by atoms with Crippen molar-refractivity contribution in [3.8, 4) is 0 Å². The number of pyridine rings is 1. The molecule has 2 heteroatoms. The van der Waals surface area contributed by atoms with Crippen molar-refractivity contribution in [3.05, 3.63) is 71.1 Å². The van der Waals surface area contributed by atoms with Gasteiger partial charge in [0.2, 0.25) is 0 Å². The first kappa shape index (κ1) is 20.9. The van der Waals surface area contributed by atoms with E-state index in [1.165, 1.54) is 85.7 Å². The van der Waals surface area contributed by atoms with E-state index < -0.39 is 0 Å². The standard InChI is InChI=1S/C24H26N2.C4H10/c1-16-19-11-6-14-25-23(19)22-15-21-18(8-4-2-3-7-17-12-13-17)9-5-10-20(21)24(22)26-16;1-3-4-2/h5-6,9-11,14,17,26H,1-4,7-8,12-13,15H2;3-4H2,1-2H3. The van der Waals surface area contributed by atoms with Crippen LogP contribution in [-0.2, 0) is 12.8 Å². The zero-order valence-corrected chi connectivity index (χ0v) is 18.8. The molecule has 0 spiro atoms. The number of nitrogens with zero attached hydrogens (tertiary/aromatic N) is 1. The summed E-state index contributed by atoms with van der Waals surface area (Å²) in [6.07, 6.45) is 15.2. The zero-order valence-electron chi connectivity index (χ0n) is 18.8. The Kier molecular flexibility index (Phi) is 6.72. The summed E-state index contributed by atoms with van der Waals surface area (Å²) in [7, 11) is 0. The molecule has 5 rings (SSSR count). The molecule has 1 N–H and O–H groups in total. The minimum absolute atomic E-state index is 0.963. The number of rotatable bonds is 7. The number of unbranched alkanes of at least 4 members (excludes halogenated alkanes) is 3. The summed E-state index contributed by atoms with van der Waals surface area (Å²) in [5, 5.41) is 3.56. The summed E-state index contributed by atoms with van der Waals surface area (Å²) >= 11 is 0. The number of allylic oxidation sites excluding steroid dienone is 1. The van der Waals surface area contributed by atoms with E-state index in [-0.39, 0.29) is 0 Å². The Labute approximate surface area is 182 Å². The second-order valence-corrected chi connectivity index (χ2v) is 9.02. The van der Waals surface area contributed by atoms with Crippen LogP contribution in [0.1, 0.15) is 93.2 Å². The molecule has 158 valence electrons. The summed E-state index contributed by atoms with van der Waals surface area (Å²) in [4.78, 5) is 4.68. The normalized spacial score (nSPS) is 16.3. The molecule has 1 saturated carbocycles. The molecule has 3 aliphatic rings. The number of hydrogen-bond acceptors (Lipinski definition) is 2. The molecule has 2 aromatic rings. The van der Waals surface area contributed by atoms with Gasteiger partial charge in [0.15, 0.2) is 0 Å². The molecule has 2 nitrogen and oxygen atoms in total. The van der Waals surface area contributed by atoms with Gasteiger partial charge in [0.05, 0.1) is 11.4 Å². The van der Waals surface area contributed by atoms with Crippen LogP contribution in [0.4, 0.5) is 0 Å². The maximum atomic E-state index is 4.68. The molecule has 0 amide bonds. The number of fused-ring (bicyclic) bond motifs is 4. The maximum absolute atomic E-state index is 4.68. The van der Waals surface area contributed by atoms with Crippen LogP contribution in [0.2, 0.25) is 0 Å². The van der Waals surface area contributed by atoms with E-state index in [1.54, 1.807) is 0 Å². The molecule has 1 fully saturated rings. The first-order chi connectivity index (χ1) is 14.7. The molecule has 2 heterocycles. The lowest BCUT2D eigenvalue weighted by atomic mass is 9.96. The fourth-order valence-electron chi connectivity index (χ4n) is 4.52.